The summed E-state index contributed by atoms with van der Waals surface area (Å²) in [6.07, 6.45) is 2.77. The molecular weight excluding hydrogens is 276 g/mol. The fraction of sp³-hybridized carbons (Fsp3) is 0.625. The van der Waals surface area contributed by atoms with Crippen LogP contribution in [0, 0.1) is 17.6 Å². The Morgan fingerprint density at radius 3 is 2.81 bits per heavy atom. The van der Waals surface area contributed by atoms with Gasteiger partial charge in [-0.15, -0.1) is 0 Å². The molecular formula is C16H23F2NO2. The Morgan fingerprint density at radius 2 is 2.19 bits per heavy atom. The second-order valence-electron chi connectivity index (χ2n) is 6.20. The molecule has 0 aliphatic heterocycles. The molecule has 0 radical (unpaired) electrons. The maximum Gasteiger partial charge on any atom is 0.131 e. The summed E-state index contributed by atoms with van der Waals surface area (Å²) >= 11 is 0. The highest BCUT2D eigenvalue weighted by Crippen LogP contribution is 2.32. The summed E-state index contributed by atoms with van der Waals surface area (Å²) in [5.41, 5.74) is -0.337. The lowest BCUT2D eigenvalue weighted by atomic mass is 9.76. The van der Waals surface area contributed by atoms with Crippen LogP contribution in [0.1, 0.15) is 44.3 Å². The van der Waals surface area contributed by atoms with Gasteiger partial charge in [-0.3, -0.25) is 0 Å². The van der Waals surface area contributed by atoms with E-state index < -0.39 is 23.3 Å². The van der Waals surface area contributed by atoms with E-state index in [2.05, 4.69) is 12.2 Å². The van der Waals surface area contributed by atoms with Crippen molar-refractivity contribution in [3.63, 3.8) is 0 Å². The number of aliphatic hydroxyl groups is 2. The molecule has 1 aromatic carbocycles. The van der Waals surface area contributed by atoms with Crippen LogP contribution in [0.4, 0.5) is 8.78 Å². The third-order valence-electron chi connectivity index (χ3n) is 4.39. The molecule has 3 atom stereocenters. The van der Waals surface area contributed by atoms with E-state index in [0.717, 1.165) is 37.8 Å². The van der Waals surface area contributed by atoms with Crippen molar-refractivity contribution in [3.05, 3.63) is 35.4 Å². The molecule has 118 valence electrons. The molecule has 0 saturated heterocycles. The fourth-order valence-electron chi connectivity index (χ4n) is 3.22. The first-order valence-electron chi connectivity index (χ1n) is 7.45. The summed E-state index contributed by atoms with van der Waals surface area (Å²) < 4.78 is 26.5. The highest BCUT2D eigenvalue weighted by Gasteiger charge is 2.34. The molecule has 1 aliphatic rings. The van der Waals surface area contributed by atoms with Crippen molar-refractivity contribution in [2.45, 2.75) is 44.2 Å². The van der Waals surface area contributed by atoms with E-state index in [1.165, 1.54) is 6.07 Å². The molecule has 1 fully saturated rings. The minimum Gasteiger partial charge on any atom is -0.394 e. The van der Waals surface area contributed by atoms with Gasteiger partial charge < -0.3 is 15.5 Å². The number of hydrogen-bond donors (Lipinski definition) is 3. The lowest BCUT2D eigenvalue weighted by molar-refractivity contribution is 0.0781. The molecule has 0 bridgehead atoms. The zero-order valence-corrected chi connectivity index (χ0v) is 12.3. The predicted molar refractivity (Wildman–Crippen MR) is 76.8 cm³/mol. The van der Waals surface area contributed by atoms with E-state index in [9.17, 15) is 19.0 Å². The Hall–Kier alpha value is -1.04. The van der Waals surface area contributed by atoms with E-state index >= 15 is 0 Å². The number of β-amino-alcohol motifs (C(OH)–C–C–N with tert-alkyl or cyclic N) is 1. The maximum absolute atomic E-state index is 13.6. The first kappa shape index (κ1) is 16.3. The van der Waals surface area contributed by atoms with Crippen LogP contribution in [-0.2, 0) is 0 Å². The van der Waals surface area contributed by atoms with E-state index in [-0.39, 0.29) is 18.7 Å². The molecule has 21 heavy (non-hydrogen) atoms. The van der Waals surface area contributed by atoms with Gasteiger partial charge >= 0.3 is 0 Å². The normalized spacial score (nSPS) is 27.6. The van der Waals surface area contributed by atoms with Crippen LogP contribution in [0.25, 0.3) is 0 Å². The Labute approximate surface area is 124 Å². The monoisotopic (exact) mass is 299 g/mol. The summed E-state index contributed by atoms with van der Waals surface area (Å²) in [7, 11) is 0. The van der Waals surface area contributed by atoms with E-state index in [1.54, 1.807) is 0 Å². The van der Waals surface area contributed by atoms with Crippen molar-refractivity contribution in [3.8, 4) is 0 Å². The number of nitrogens with one attached hydrogen (secondary N) is 1. The molecule has 2 rings (SSSR count). The highest BCUT2D eigenvalue weighted by atomic mass is 19.1. The van der Waals surface area contributed by atoms with Crippen molar-refractivity contribution in [2.75, 3.05) is 13.2 Å². The summed E-state index contributed by atoms with van der Waals surface area (Å²) in [5, 5.41) is 23.0. The number of halogens is 2. The summed E-state index contributed by atoms with van der Waals surface area (Å²) in [6, 6.07) is 3.15. The van der Waals surface area contributed by atoms with Gasteiger partial charge in [0.2, 0.25) is 0 Å². The Balaban J connectivity index is 2.00. The molecule has 1 saturated carbocycles. The second-order valence-corrected chi connectivity index (χ2v) is 6.20. The number of aliphatic hydroxyl groups excluding tert-OH is 2. The summed E-state index contributed by atoms with van der Waals surface area (Å²) in [4.78, 5) is 0. The van der Waals surface area contributed by atoms with Crippen LogP contribution in [0.5, 0.6) is 0 Å². The molecule has 3 N–H and O–H groups in total. The average molecular weight is 299 g/mol. The topological polar surface area (TPSA) is 52.5 Å². The second kappa shape index (κ2) is 6.81. The van der Waals surface area contributed by atoms with Crippen LogP contribution in [0.2, 0.25) is 0 Å². The van der Waals surface area contributed by atoms with Crippen LogP contribution < -0.4 is 5.32 Å². The molecule has 0 heterocycles. The van der Waals surface area contributed by atoms with Crippen LogP contribution >= 0.6 is 0 Å². The molecule has 0 spiro atoms. The van der Waals surface area contributed by atoms with Gasteiger partial charge in [0.1, 0.15) is 11.6 Å². The van der Waals surface area contributed by atoms with Crippen molar-refractivity contribution >= 4 is 0 Å². The standard InChI is InChI=1S/C16H23F2NO2/c1-11-3-2-6-16(8-11,10-20)19-9-15(21)13-5-4-12(17)7-14(13)18/h4-5,7,11,15,19-21H,2-3,6,8-10H2,1H3. The number of benzene rings is 1. The molecule has 1 aliphatic carbocycles. The molecule has 0 amide bonds. The van der Waals surface area contributed by atoms with Gasteiger partial charge in [-0.25, -0.2) is 8.78 Å². The summed E-state index contributed by atoms with van der Waals surface area (Å²) in [5.74, 6) is -0.901. The number of hydrogen-bond acceptors (Lipinski definition) is 3. The third kappa shape index (κ3) is 3.99. The third-order valence-corrected chi connectivity index (χ3v) is 4.39. The van der Waals surface area contributed by atoms with Gasteiger partial charge in [0.25, 0.3) is 0 Å². The van der Waals surface area contributed by atoms with Gasteiger partial charge in [-0.1, -0.05) is 25.8 Å². The van der Waals surface area contributed by atoms with Crippen LogP contribution in [-0.4, -0.2) is 28.9 Å². The summed E-state index contributed by atoms with van der Waals surface area (Å²) in [6.45, 7) is 2.27. The van der Waals surface area contributed by atoms with Gasteiger partial charge in [0.05, 0.1) is 12.7 Å². The quantitative estimate of drug-likeness (QED) is 0.783. The largest absolute Gasteiger partial charge is 0.394 e. The smallest absolute Gasteiger partial charge is 0.131 e. The first-order chi connectivity index (χ1) is 9.96. The van der Waals surface area contributed by atoms with Crippen molar-refractivity contribution in [2.24, 2.45) is 5.92 Å². The molecule has 0 aromatic heterocycles. The maximum atomic E-state index is 13.6. The molecule has 5 heteroatoms. The van der Waals surface area contributed by atoms with Crippen LogP contribution in [0.3, 0.4) is 0 Å². The molecule has 3 nitrogen and oxygen atoms in total. The Kier molecular flexibility index (Phi) is 5.30. The fourth-order valence-corrected chi connectivity index (χ4v) is 3.22. The minimum absolute atomic E-state index is 0.00401. The van der Waals surface area contributed by atoms with Gasteiger partial charge in [0, 0.05) is 23.7 Å². The zero-order valence-electron chi connectivity index (χ0n) is 12.3. The van der Waals surface area contributed by atoms with Gasteiger partial charge in [-0.05, 0) is 24.8 Å². The average Bonchev–Trinajstić information content (AvgIpc) is 2.45. The SMILES string of the molecule is CC1CCCC(CO)(NCC(O)c2ccc(F)cc2F)C1. The van der Waals surface area contributed by atoms with E-state index in [4.69, 9.17) is 0 Å². The van der Waals surface area contributed by atoms with Crippen LogP contribution in [0.15, 0.2) is 18.2 Å². The lowest BCUT2D eigenvalue weighted by Crippen LogP contribution is -2.52. The zero-order chi connectivity index (χ0) is 15.5. The lowest BCUT2D eigenvalue weighted by Gasteiger charge is -2.40. The van der Waals surface area contributed by atoms with Gasteiger partial charge in [0.15, 0.2) is 0 Å². The van der Waals surface area contributed by atoms with Crippen molar-refractivity contribution in [1.29, 1.82) is 0 Å². The Bertz CT molecular complexity index is 483. The van der Waals surface area contributed by atoms with Crippen molar-refractivity contribution in [1.82, 2.24) is 5.32 Å². The molecule has 1 aromatic rings. The minimum atomic E-state index is -1.06. The first-order valence-corrected chi connectivity index (χ1v) is 7.45. The van der Waals surface area contributed by atoms with Gasteiger partial charge in [-0.2, -0.15) is 0 Å². The van der Waals surface area contributed by atoms with E-state index in [0.29, 0.717) is 5.92 Å². The van der Waals surface area contributed by atoms with Crippen molar-refractivity contribution < 1.29 is 19.0 Å². The predicted octanol–water partition coefficient (Wildman–Crippen LogP) is 2.53. The Morgan fingerprint density at radius 1 is 1.43 bits per heavy atom. The van der Waals surface area contributed by atoms with E-state index in [1.807, 2.05) is 0 Å². The molecule has 3 unspecified atom stereocenters. The highest BCUT2D eigenvalue weighted by molar-refractivity contribution is 5.21. The number of rotatable bonds is 5.